The first kappa shape index (κ1) is 18.2. The van der Waals surface area contributed by atoms with Crippen molar-refractivity contribution in [3.05, 3.63) is 79.3 Å². The standard InChI is InChI=1S/C19H12BrClINO2/c20-13-9-12(19(24)17(22)10-13)11-23-14-5-7-15(8-6-14)25-18-4-2-1-3-16(18)21/h1-11,24H. The summed E-state index contributed by atoms with van der Waals surface area (Å²) in [7, 11) is 0. The summed E-state index contributed by atoms with van der Waals surface area (Å²) in [6, 6.07) is 18.3. The van der Waals surface area contributed by atoms with Crippen molar-refractivity contribution >= 4 is 62.0 Å². The summed E-state index contributed by atoms with van der Waals surface area (Å²) in [5, 5.41) is 10.6. The van der Waals surface area contributed by atoms with Crippen molar-refractivity contribution in [1.82, 2.24) is 0 Å². The van der Waals surface area contributed by atoms with Gasteiger partial charge in [-0.2, -0.15) is 0 Å². The summed E-state index contributed by atoms with van der Waals surface area (Å²) in [6.45, 7) is 0. The van der Waals surface area contributed by atoms with Crippen LogP contribution in [-0.2, 0) is 0 Å². The lowest BCUT2D eigenvalue weighted by Crippen LogP contribution is -1.86. The zero-order valence-corrected chi connectivity index (χ0v) is 17.3. The van der Waals surface area contributed by atoms with Crippen molar-refractivity contribution in [1.29, 1.82) is 0 Å². The Morgan fingerprint density at radius 2 is 1.80 bits per heavy atom. The number of rotatable bonds is 4. The van der Waals surface area contributed by atoms with Crippen molar-refractivity contribution in [2.75, 3.05) is 0 Å². The Balaban J connectivity index is 1.76. The van der Waals surface area contributed by atoms with Gasteiger partial charge in [0.15, 0.2) is 0 Å². The molecule has 3 aromatic rings. The van der Waals surface area contributed by atoms with Crippen molar-refractivity contribution in [3.8, 4) is 17.2 Å². The average Bonchev–Trinajstić information content (AvgIpc) is 2.60. The van der Waals surface area contributed by atoms with Crippen LogP contribution in [0.2, 0.25) is 5.02 Å². The van der Waals surface area contributed by atoms with Crippen molar-refractivity contribution in [3.63, 3.8) is 0 Å². The van der Waals surface area contributed by atoms with E-state index in [9.17, 15) is 5.11 Å². The second-order valence-electron chi connectivity index (χ2n) is 5.11. The highest BCUT2D eigenvalue weighted by Crippen LogP contribution is 2.30. The molecule has 0 aliphatic rings. The van der Waals surface area contributed by atoms with Gasteiger partial charge in [0.05, 0.1) is 14.3 Å². The molecule has 0 spiro atoms. The van der Waals surface area contributed by atoms with Crippen LogP contribution < -0.4 is 4.74 Å². The van der Waals surface area contributed by atoms with Gasteiger partial charge in [-0.25, -0.2) is 0 Å². The number of benzene rings is 3. The van der Waals surface area contributed by atoms with Crippen LogP contribution in [0.3, 0.4) is 0 Å². The minimum Gasteiger partial charge on any atom is -0.506 e. The number of halogens is 3. The number of aromatic hydroxyl groups is 1. The van der Waals surface area contributed by atoms with Gasteiger partial charge in [0.2, 0.25) is 0 Å². The Kier molecular flexibility index (Phi) is 5.98. The lowest BCUT2D eigenvalue weighted by atomic mass is 10.2. The fourth-order valence-corrected chi connectivity index (χ4v) is 3.81. The summed E-state index contributed by atoms with van der Waals surface area (Å²) in [6.07, 6.45) is 1.63. The van der Waals surface area contributed by atoms with Gasteiger partial charge in [-0.15, -0.1) is 0 Å². The molecule has 126 valence electrons. The number of hydrogen-bond acceptors (Lipinski definition) is 3. The highest BCUT2D eigenvalue weighted by Gasteiger charge is 2.05. The van der Waals surface area contributed by atoms with Crippen LogP contribution >= 0.6 is 50.1 Å². The summed E-state index contributed by atoms with van der Waals surface area (Å²) in [5.41, 5.74) is 1.40. The van der Waals surface area contributed by atoms with E-state index in [-0.39, 0.29) is 5.75 Å². The number of hydrogen-bond donors (Lipinski definition) is 1. The molecule has 3 nitrogen and oxygen atoms in total. The van der Waals surface area contributed by atoms with Gasteiger partial charge in [-0.1, -0.05) is 39.7 Å². The predicted molar refractivity (Wildman–Crippen MR) is 114 cm³/mol. The minimum absolute atomic E-state index is 0.214. The molecule has 6 heteroatoms. The first-order valence-corrected chi connectivity index (χ1v) is 9.52. The van der Waals surface area contributed by atoms with Crippen LogP contribution in [0.1, 0.15) is 5.56 Å². The first-order valence-electron chi connectivity index (χ1n) is 7.27. The second-order valence-corrected chi connectivity index (χ2v) is 7.60. The topological polar surface area (TPSA) is 41.8 Å². The maximum Gasteiger partial charge on any atom is 0.146 e. The van der Waals surface area contributed by atoms with E-state index in [0.717, 1.165) is 13.7 Å². The van der Waals surface area contributed by atoms with Crippen LogP contribution in [0.25, 0.3) is 0 Å². The summed E-state index contributed by atoms with van der Waals surface area (Å²) in [4.78, 5) is 4.39. The molecule has 0 aliphatic carbocycles. The lowest BCUT2D eigenvalue weighted by Gasteiger charge is -2.07. The molecule has 1 N–H and O–H groups in total. The lowest BCUT2D eigenvalue weighted by molar-refractivity contribution is 0.470. The van der Waals surface area contributed by atoms with Crippen LogP contribution in [-0.4, -0.2) is 11.3 Å². The molecule has 3 aromatic carbocycles. The number of ether oxygens (including phenoxy) is 1. The van der Waals surface area contributed by atoms with Crippen molar-refractivity contribution in [2.45, 2.75) is 0 Å². The molecule has 0 aliphatic heterocycles. The Morgan fingerprint density at radius 3 is 2.52 bits per heavy atom. The molecule has 0 radical (unpaired) electrons. The van der Waals surface area contributed by atoms with Gasteiger partial charge in [-0.05, 0) is 71.1 Å². The molecule has 0 aromatic heterocycles. The molecule has 0 saturated carbocycles. The number of phenols is 1. The van der Waals surface area contributed by atoms with E-state index in [1.165, 1.54) is 0 Å². The van der Waals surface area contributed by atoms with Gasteiger partial charge in [-0.3, -0.25) is 4.99 Å². The number of para-hydroxylation sites is 1. The zero-order chi connectivity index (χ0) is 17.8. The zero-order valence-electron chi connectivity index (χ0n) is 12.8. The van der Waals surface area contributed by atoms with Crippen LogP contribution in [0, 0.1) is 3.57 Å². The van der Waals surface area contributed by atoms with E-state index < -0.39 is 0 Å². The van der Waals surface area contributed by atoms with E-state index in [2.05, 4.69) is 43.5 Å². The highest BCUT2D eigenvalue weighted by molar-refractivity contribution is 14.1. The van der Waals surface area contributed by atoms with E-state index in [0.29, 0.717) is 22.1 Å². The fraction of sp³-hybridized carbons (Fsp3) is 0. The van der Waals surface area contributed by atoms with Gasteiger partial charge in [0, 0.05) is 16.3 Å². The minimum atomic E-state index is 0.214. The smallest absolute Gasteiger partial charge is 0.146 e. The fourth-order valence-electron chi connectivity index (χ4n) is 2.08. The maximum absolute atomic E-state index is 10.1. The number of nitrogens with zero attached hydrogens (tertiary/aromatic N) is 1. The van der Waals surface area contributed by atoms with E-state index in [1.54, 1.807) is 12.3 Å². The Bertz CT molecular complexity index is 929. The third-order valence-electron chi connectivity index (χ3n) is 3.31. The molecule has 0 heterocycles. The molecule has 3 rings (SSSR count). The molecule has 0 fully saturated rings. The van der Waals surface area contributed by atoms with Gasteiger partial charge in [0.1, 0.15) is 17.2 Å². The van der Waals surface area contributed by atoms with Crippen molar-refractivity contribution < 1.29 is 9.84 Å². The average molecular weight is 529 g/mol. The van der Waals surface area contributed by atoms with Crippen molar-refractivity contribution in [2.24, 2.45) is 4.99 Å². The van der Waals surface area contributed by atoms with E-state index in [1.807, 2.05) is 54.6 Å². The molecule has 0 atom stereocenters. The number of phenolic OH excluding ortho intramolecular Hbond substituents is 1. The largest absolute Gasteiger partial charge is 0.506 e. The molecule has 0 unspecified atom stereocenters. The molecular formula is C19H12BrClINO2. The monoisotopic (exact) mass is 527 g/mol. The molecule has 25 heavy (non-hydrogen) atoms. The predicted octanol–water partition coefficient (Wildman–Crippen LogP) is 6.96. The maximum atomic E-state index is 10.1. The van der Waals surface area contributed by atoms with E-state index in [4.69, 9.17) is 16.3 Å². The van der Waals surface area contributed by atoms with Gasteiger partial charge >= 0.3 is 0 Å². The third-order valence-corrected chi connectivity index (χ3v) is 4.90. The first-order chi connectivity index (χ1) is 12.0. The van der Waals surface area contributed by atoms with Crippen LogP contribution in [0.5, 0.6) is 17.2 Å². The van der Waals surface area contributed by atoms with Crippen LogP contribution in [0.4, 0.5) is 5.69 Å². The van der Waals surface area contributed by atoms with Gasteiger partial charge in [0.25, 0.3) is 0 Å². The Labute approximate surface area is 172 Å². The summed E-state index contributed by atoms with van der Waals surface area (Å²) >= 11 is 11.6. The van der Waals surface area contributed by atoms with Crippen LogP contribution in [0.15, 0.2) is 70.1 Å². The summed E-state index contributed by atoms with van der Waals surface area (Å²) in [5.74, 6) is 1.49. The molecule has 0 saturated heterocycles. The SMILES string of the molecule is Oc1c(I)cc(Br)cc1C=Nc1ccc(Oc2ccccc2Cl)cc1. The second kappa shape index (κ2) is 8.21. The molecule has 0 bridgehead atoms. The summed E-state index contributed by atoms with van der Waals surface area (Å²) < 4.78 is 7.40. The molecular weight excluding hydrogens is 516 g/mol. The highest BCUT2D eigenvalue weighted by atomic mass is 127. The Hall–Kier alpha value is -1.57. The molecule has 0 amide bonds. The van der Waals surface area contributed by atoms with Gasteiger partial charge < -0.3 is 9.84 Å². The normalized spacial score (nSPS) is 11.0. The Morgan fingerprint density at radius 1 is 1.08 bits per heavy atom. The number of aliphatic imine (C=N–C) groups is 1. The quantitative estimate of drug-likeness (QED) is 0.294. The van der Waals surface area contributed by atoms with E-state index >= 15 is 0 Å². The third kappa shape index (κ3) is 4.74.